The molecule has 4 atom stereocenters. The second-order valence-corrected chi connectivity index (χ2v) is 11.9. The zero-order valence-corrected chi connectivity index (χ0v) is 23.7. The minimum atomic E-state index is -0.411. The molecule has 0 bridgehead atoms. The van der Waals surface area contributed by atoms with E-state index in [1.807, 2.05) is 47.4 Å². The fourth-order valence-electron chi connectivity index (χ4n) is 6.82. The molecule has 0 spiro atoms. The fourth-order valence-corrected chi connectivity index (χ4v) is 6.95. The summed E-state index contributed by atoms with van der Waals surface area (Å²) in [6.45, 7) is 4.70. The molecular formula is C32H33ClN4O4. The number of rotatable bonds is 6. The molecule has 9 heteroatoms. The van der Waals surface area contributed by atoms with Crippen LogP contribution in [-0.4, -0.2) is 47.8 Å². The highest BCUT2D eigenvalue weighted by atomic mass is 35.5. The van der Waals surface area contributed by atoms with Crippen molar-refractivity contribution in [2.75, 3.05) is 36.0 Å². The smallest absolute Gasteiger partial charge is 0.294 e. The summed E-state index contributed by atoms with van der Waals surface area (Å²) in [5.74, 6) is -0.697. The van der Waals surface area contributed by atoms with Crippen molar-refractivity contribution in [3.63, 3.8) is 0 Å². The first-order valence-corrected chi connectivity index (χ1v) is 14.6. The van der Waals surface area contributed by atoms with Crippen LogP contribution in [0.4, 0.5) is 17.1 Å². The molecule has 3 aromatic rings. The summed E-state index contributed by atoms with van der Waals surface area (Å²) >= 11 is 6.17. The Hall–Kier alpha value is -3.75. The minimum absolute atomic E-state index is 0.0337. The zero-order chi connectivity index (χ0) is 28.7. The number of fused-ring (bicyclic) bond motifs is 1. The summed E-state index contributed by atoms with van der Waals surface area (Å²) in [5, 5.41) is 12.9. The van der Waals surface area contributed by atoms with E-state index in [1.165, 1.54) is 16.5 Å². The lowest BCUT2D eigenvalue weighted by Crippen LogP contribution is -2.48. The average molecular weight is 573 g/mol. The van der Waals surface area contributed by atoms with Gasteiger partial charge < -0.3 is 4.90 Å². The van der Waals surface area contributed by atoms with Crippen LogP contribution in [0.15, 0.2) is 72.8 Å². The number of carbonyl (C=O) groups is 2. The number of nitrogens with zero attached hydrogens (tertiary/aromatic N) is 4. The topological polar surface area (TPSA) is 87.0 Å². The summed E-state index contributed by atoms with van der Waals surface area (Å²) in [6, 6.07) is 23.0. The Morgan fingerprint density at radius 2 is 1.51 bits per heavy atom. The first kappa shape index (κ1) is 27.4. The molecule has 0 unspecified atom stereocenters. The summed E-state index contributed by atoms with van der Waals surface area (Å²) in [5.41, 5.74) is 3.03. The highest BCUT2D eigenvalue weighted by Gasteiger charge is 2.50. The van der Waals surface area contributed by atoms with Crippen LogP contribution in [0.2, 0.25) is 5.02 Å². The van der Waals surface area contributed by atoms with Gasteiger partial charge in [0, 0.05) is 37.3 Å². The van der Waals surface area contributed by atoms with Crippen LogP contribution in [0, 0.1) is 27.9 Å². The largest absolute Gasteiger partial charge is 0.363 e. The molecule has 0 radical (unpaired) electrons. The molecule has 2 saturated heterocycles. The molecule has 1 saturated carbocycles. The van der Waals surface area contributed by atoms with E-state index >= 15 is 0 Å². The van der Waals surface area contributed by atoms with Crippen molar-refractivity contribution in [3.8, 4) is 0 Å². The molecular weight excluding hydrogens is 540 g/mol. The Morgan fingerprint density at radius 3 is 2.20 bits per heavy atom. The molecule has 1 aliphatic carbocycles. The third-order valence-electron chi connectivity index (χ3n) is 8.92. The molecule has 3 aliphatic rings. The molecule has 2 aliphatic heterocycles. The van der Waals surface area contributed by atoms with E-state index in [2.05, 4.69) is 24.0 Å². The lowest BCUT2D eigenvalue weighted by atomic mass is 9.76. The maximum atomic E-state index is 13.2. The van der Waals surface area contributed by atoms with Gasteiger partial charge in [-0.2, -0.15) is 0 Å². The Kier molecular flexibility index (Phi) is 7.53. The van der Waals surface area contributed by atoms with Gasteiger partial charge in [0.15, 0.2) is 0 Å². The summed E-state index contributed by atoms with van der Waals surface area (Å²) in [7, 11) is 0. The average Bonchev–Trinajstić information content (AvgIpc) is 3.23. The minimum Gasteiger partial charge on any atom is -0.363 e. The number of hydrogen-bond acceptors (Lipinski definition) is 6. The van der Waals surface area contributed by atoms with Crippen LogP contribution in [0.5, 0.6) is 0 Å². The number of benzene rings is 3. The monoisotopic (exact) mass is 572 g/mol. The highest BCUT2D eigenvalue weighted by molar-refractivity contribution is 6.30. The van der Waals surface area contributed by atoms with E-state index in [0.29, 0.717) is 61.3 Å². The quantitative estimate of drug-likeness (QED) is 0.202. The van der Waals surface area contributed by atoms with E-state index in [-0.39, 0.29) is 35.4 Å². The van der Waals surface area contributed by atoms with Crippen LogP contribution < -0.4 is 9.80 Å². The molecule has 41 heavy (non-hydrogen) atoms. The summed E-state index contributed by atoms with van der Waals surface area (Å²) in [4.78, 5) is 43.8. The Balaban J connectivity index is 1.23. The van der Waals surface area contributed by atoms with Gasteiger partial charge in [-0.15, -0.1) is 0 Å². The molecule has 2 heterocycles. The number of hydrogen-bond donors (Lipinski definition) is 0. The number of nitro groups is 1. The molecule has 6 rings (SSSR count). The van der Waals surface area contributed by atoms with Crippen molar-refractivity contribution >= 4 is 40.5 Å². The van der Waals surface area contributed by atoms with Gasteiger partial charge >= 0.3 is 0 Å². The van der Waals surface area contributed by atoms with Crippen molar-refractivity contribution in [3.05, 3.63) is 99.1 Å². The van der Waals surface area contributed by atoms with E-state index in [9.17, 15) is 19.7 Å². The predicted octanol–water partition coefficient (Wildman–Crippen LogP) is 6.09. The van der Waals surface area contributed by atoms with Crippen LogP contribution in [0.3, 0.4) is 0 Å². The number of anilines is 2. The van der Waals surface area contributed by atoms with Gasteiger partial charge in [-0.25, -0.2) is 4.90 Å². The van der Waals surface area contributed by atoms with Gasteiger partial charge in [-0.1, -0.05) is 61.0 Å². The molecule has 0 aromatic heterocycles. The molecule has 3 fully saturated rings. The number of piperazine rings is 1. The van der Waals surface area contributed by atoms with Gasteiger partial charge in [0.05, 0.1) is 28.5 Å². The number of amides is 2. The zero-order valence-electron chi connectivity index (χ0n) is 23.0. The van der Waals surface area contributed by atoms with Crippen LogP contribution >= 0.6 is 11.6 Å². The summed E-state index contributed by atoms with van der Waals surface area (Å²) in [6.07, 6.45) is 2.30. The number of imide groups is 1. The van der Waals surface area contributed by atoms with E-state index < -0.39 is 4.92 Å². The number of nitro benzene ring substituents is 1. The Bertz CT molecular complexity index is 1460. The van der Waals surface area contributed by atoms with Gasteiger partial charge in [-0.05, 0) is 60.6 Å². The maximum Gasteiger partial charge on any atom is 0.294 e. The lowest BCUT2D eigenvalue weighted by Gasteiger charge is -2.40. The number of carbonyl (C=O) groups excluding carboxylic acids is 2. The van der Waals surface area contributed by atoms with Crippen LogP contribution in [-0.2, 0) is 9.59 Å². The van der Waals surface area contributed by atoms with Gasteiger partial charge in [0.1, 0.15) is 5.69 Å². The fraction of sp³-hybridized carbons (Fsp3) is 0.375. The first-order chi connectivity index (χ1) is 19.8. The predicted molar refractivity (Wildman–Crippen MR) is 159 cm³/mol. The van der Waals surface area contributed by atoms with Crippen molar-refractivity contribution in [1.82, 2.24) is 4.90 Å². The van der Waals surface area contributed by atoms with E-state index in [4.69, 9.17) is 11.6 Å². The van der Waals surface area contributed by atoms with Crippen molar-refractivity contribution in [2.45, 2.75) is 32.2 Å². The van der Waals surface area contributed by atoms with Crippen molar-refractivity contribution in [2.24, 2.45) is 17.8 Å². The lowest BCUT2D eigenvalue weighted by molar-refractivity contribution is -0.384. The Labute approximate surface area is 244 Å². The molecule has 8 nitrogen and oxygen atoms in total. The van der Waals surface area contributed by atoms with E-state index in [1.54, 1.807) is 12.1 Å². The Morgan fingerprint density at radius 1 is 0.854 bits per heavy atom. The van der Waals surface area contributed by atoms with Gasteiger partial charge in [0.2, 0.25) is 11.8 Å². The molecule has 212 valence electrons. The van der Waals surface area contributed by atoms with Crippen LogP contribution in [0.25, 0.3) is 0 Å². The molecule has 2 amide bonds. The second kappa shape index (κ2) is 11.3. The third kappa shape index (κ3) is 5.22. The summed E-state index contributed by atoms with van der Waals surface area (Å²) < 4.78 is 0. The molecule has 0 N–H and O–H groups in total. The standard InChI is InChI=1S/C32H33ClN4O4/c1-21-7-13-26-27(19-21)32(39)36(31(26)38)25-12-14-28(29(20-25)37(40)41)34-15-17-35(18-16-34)30(22-5-3-2-4-6-22)23-8-10-24(33)11-9-23/h2-6,8-12,14,20-21,26-27,30H,7,13,15-19H2,1H3/t21-,26+,27+,30+/m1/s1. The SMILES string of the molecule is C[C@@H]1CC[C@@H]2C(=O)N(c3ccc(N4CCN([C@@H](c5ccccc5)c5ccc(Cl)cc5)CC4)c([N+](=O)[O-])c3)C(=O)[C@H]2C1. The first-order valence-electron chi connectivity index (χ1n) is 14.3. The van der Waals surface area contributed by atoms with Gasteiger partial charge in [-0.3, -0.25) is 24.6 Å². The third-order valence-corrected chi connectivity index (χ3v) is 9.17. The highest BCUT2D eigenvalue weighted by Crippen LogP contribution is 2.44. The second-order valence-electron chi connectivity index (χ2n) is 11.5. The maximum absolute atomic E-state index is 13.2. The van der Waals surface area contributed by atoms with E-state index in [0.717, 1.165) is 12.0 Å². The van der Waals surface area contributed by atoms with Gasteiger partial charge in [0.25, 0.3) is 5.69 Å². The van der Waals surface area contributed by atoms with Crippen LogP contribution in [0.1, 0.15) is 43.4 Å². The molecule has 3 aromatic carbocycles. The van der Waals surface area contributed by atoms with Crippen molar-refractivity contribution in [1.29, 1.82) is 0 Å². The number of halogens is 1. The van der Waals surface area contributed by atoms with Crippen molar-refractivity contribution < 1.29 is 14.5 Å². The normalized spacial score (nSPS) is 23.9.